The van der Waals surface area contributed by atoms with Crippen LogP contribution < -0.4 is 5.32 Å². The predicted molar refractivity (Wildman–Crippen MR) is 158 cm³/mol. The quantitative estimate of drug-likeness (QED) is 0.347. The summed E-state index contributed by atoms with van der Waals surface area (Å²) in [5, 5.41) is 13.4. The molecule has 3 fully saturated rings. The lowest BCUT2D eigenvalue weighted by atomic mass is 9.74. The molecule has 0 aromatic heterocycles. The van der Waals surface area contributed by atoms with Crippen molar-refractivity contribution in [2.24, 2.45) is 17.8 Å². The molecule has 0 radical (unpaired) electrons. The van der Waals surface area contributed by atoms with Gasteiger partial charge in [0.15, 0.2) is 0 Å². The molecular weight excluding hydrogens is 606 g/mol. The second kappa shape index (κ2) is 12.8. The molecule has 5 aliphatic rings. The number of nitrogens with one attached hydrogen (secondary N) is 1. The lowest BCUT2D eigenvalue weighted by molar-refractivity contribution is -0.160. The number of esters is 1. The van der Waals surface area contributed by atoms with Gasteiger partial charge in [-0.25, -0.2) is 0 Å². The molecule has 11 heteroatoms. The van der Waals surface area contributed by atoms with E-state index in [0.717, 1.165) is 32.1 Å². The van der Waals surface area contributed by atoms with Gasteiger partial charge >= 0.3 is 5.97 Å². The largest absolute Gasteiger partial charge is 0.460 e. The van der Waals surface area contributed by atoms with E-state index in [0.29, 0.717) is 23.9 Å². The van der Waals surface area contributed by atoms with Crippen LogP contribution in [0.15, 0.2) is 22.7 Å². The number of amides is 3. The Labute approximate surface area is 256 Å². The third kappa shape index (κ3) is 5.45. The molecule has 0 aromatic carbocycles. The second-order valence-corrected chi connectivity index (χ2v) is 13.5. The normalized spacial score (nSPS) is 36.8. The maximum Gasteiger partial charge on any atom is 0.313 e. The molecule has 4 heterocycles. The molecule has 232 valence electrons. The average molecular weight is 651 g/mol. The van der Waals surface area contributed by atoms with E-state index in [1.54, 1.807) is 11.8 Å². The van der Waals surface area contributed by atoms with Crippen LogP contribution in [0.25, 0.3) is 0 Å². The van der Waals surface area contributed by atoms with Gasteiger partial charge in [0.2, 0.25) is 17.7 Å². The van der Waals surface area contributed by atoms with Crippen LogP contribution in [0.1, 0.15) is 72.1 Å². The van der Waals surface area contributed by atoms with Gasteiger partial charge in [-0.2, -0.15) is 0 Å². The first-order valence-electron chi connectivity index (χ1n) is 15.6. The zero-order valence-electron chi connectivity index (χ0n) is 24.8. The average Bonchev–Trinajstić information content (AvgIpc) is 3.57. The van der Waals surface area contributed by atoms with Crippen LogP contribution in [0.4, 0.5) is 0 Å². The van der Waals surface area contributed by atoms with Gasteiger partial charge in [0.1, 0.15) is 29.8 Å². The first kappa shape index (κ1) is 31.2. The smallest absolute Gasteiger partial charge is 0.313 e. The first-order valence-corrected chi connectivity index (χ1v) is 16.4. The lowest BCUT2D eigenvalue weighted by Gasteiger charge is -2.43. The highest BCUT2D eigenvalue weighted by molar-refractivity contribution is 9.11. The van der Waals surface area contributed by atoms with E-state index in [9.17, 15) is 24.3 Å². The van der Waals surface area contributed by atoms with E-state index in [2.05, 4.69) is 21.2 Å². The Hall–Kier alpha value is -2.24. The molecule has 3 amide bonds. The second-order valence-electron chi connectivity index (χ2n) is 12.6. The summed E-state index contributed by atoms with van der Waals surface area (Å²) in [5.74, 6) is -3.37. The number of hydrogen-bond donors (Lipinski definition) is 2. The number of halogens is 1. The monoisotopic (exact) mass is 649 g/mol. The van der Waals surface area contributed by atoms with Crippen LogP contribution in [0.5, 0.6) is 0 Å². The van der Waals surface area contributed by atoms with Crippen LogP contribution in [-0.2, 0) is 28.7 Å². The molecule has 5 rings (SSSR count). The van der Waals surface area contributed by atoms with E-state index < -0.39 is 47.7 Å². The van der Waals surface area contributed by atoms with Gasteiger partial charge in [-0.05, 0) is 38.2 Å². The molecular formula is C31H44BrN3O7. The Morgan fingerprint density at radius 3 is 2.57 bits per heavy atom. The molecule has 0 aromatic rings. The van der Waals surface area contributed by atoms with Crippen LogP contribution in [0.3, 0.4) is 0 Å². The number of ether oxygens (including phenoxy) is 2. The van der Waals surface area contributed by atoms with Crippen molar-refractivity contribution in [3.8, 4) is 0 Å². The lowest BCUT2D eigenvalue weighted by Crippen LogP contribution is -2.61. The summed E-state index contributed by atoms with van der Waals surface area (Å²) >= 11 is 3.58. The molecule has 1 saturated carbocycles. The first-order chi connectivity index (χ1) is 20.1. The minimum absolute atomic E-state index is 0.00232. The van der Waals surface area contributed by atoms with Crippen molar-refractivity contribution in [1.29, 1.82) is 0 Å². The van der Waals surface area contributed by atoms with Gasteiger partial charge in [0.25, 0.3) is 0 Å². The fourth-order valence-corrected chi connectivity index (χ4v) is 8.27. The zero-order chi connectivity index (χ0) is 30.2. The minimum atomic E-state index is -1.37. The summed E-state index contributed by atoms with van der Waals surface area (Å²) in [6, 6.07) is -1.66. The minimum Gasteiger partial charge on any atom is -0.460 e. The Balaban J connectivity index is 1.63. The molecule has 0 unspecified atom stereocenters. The van der Waals surface area contributed by atoms with E-state index in [-0.39, 0.29) is 49.3 Å². The van der Waals surface area contributed by atoms with Crippen molar-refractivity contribution >= 4 is 39.6 Å². The molecule has 1 aliphatic carbocycles. The number of rotatable bonds is 5. The van der Waals surface area contributed by atoms with E-state index in [1.165, 1.54) is 0 Å². The van der Waals surface area contributed by atoms with Gasteiger partial charge in [0.05, 0.1) is 25.1 Å². The van der Waals surface area contributed by atoms with Gasteiger partial charge in [-0.1, -0.05) is 67.6 Å². The third-order valence-electron chi connectivity index (χ3n) is 9.92. The van der Waals surface area contributed by atoms with Crippen molar-refractivity contribution in [2.75, 3.05) is 19.7 Å². The molecule has 2 saturated heterocycles. The van der Waals surface area contributed by atoms with Crippen LogP contribution in [0.2, 0.25) is 0 Å². The number of aliphatic hydroxyl groups excluding tert-OH is 1. The number of nitrogens with zero attached hydrogens (tertiary/aromatic N) is 2. The fraction of sp³-hybridized carbons (Fsp3) is 0.742. The highest BCUT2D eigenvalue weighted by Gasteiger charge is 2.75. The third-order valence-corrected chi connectivity index (χ3v) is 10.6. The van der Waals surface area contributed by atoms with Crippen LogP contribution in [-0.4, -0.2) is 94.2 Å². The Bertz CT molecular complexity index is 1140. The maximum absolute atomic E-state index is 14.9. The van der Waals surface area contributed by atoms with Crippen molar-refractivity contribution in [1.82, 2.24) is 15.1 Å². The summed E-state index contributed by atoms with van der Waals surface area (Å²) in [4.78, 5) is 58.9. The fourth-order valence-electron chi connectivity index (χ4n) is 7.53. The Morgan fingerprint density at radius 1 is 1.14 bits per heavy atom. The predicted octanol–water partition coefficient (Wildman–Crippen LogP) is 2.83. The maximum atomic E-state index is 14.9. The highest BCUT2D eigenvalue weighted by Crippen LogP contribution is 2.59. The van der Waals surface area contributed by atoms with Gasteiger partial charge in [-0.3, -0.25) is 19.2 Å². The summed E-state index contributed by atoms with van der Waals surface area (Å²) < 4.78 is 13.0. The summed E-state index contributed by atoms with van der Waals surface area (Å²) in [6.45, 7) is 5.84. The van der Waals surface area contributed by atoms with Crippen molar-refractivity contribution in [3.05, 3.63) is 22.7 Å². The topological polar surface area (TPSA) is 125 Å². The van der Waals surface area contributed by atoms with Crippen molar-refractivity contribution < 1.29 is 33.8 Å². The Kier molecular flexibility index (Phi) is 9.49. The number of carbonyl (C=O) groups is 4. The van der Waals surface area contributed by atoms with E-state index >= 15 is 0 Å². The number of likely N-dealkylation sites (tertiary alicyclic amines) is 1. The molecule has 5 bridgehead atoms. The molecule has 8 atom stereocenters. The van der Waals surface area contributed by atoms with Crippen LogP contribution in [0, 0.1) is 17.8 Å². The summed E-state index contributed by atoms with van der Waals surface area (Å²) in [6.07, 6.45) is 10.6. The molecule has 1 spiro atoms. The van der Waals surface area contributed by atoms with Crippen molar-refractivity contribution in [3.63, 3.8) is 0 Å². The summed E-state index contributed by atoms with van der Waals surface area (Å²) in [7, 11) is 0. The number of cyclic esters (lactones) is 1. The van der Waals surface area contributed by atoms with E-state index in [4.69, 9.17) is 9.47 Å². The van der Waals surface area contributed by atoms with Crippen molar-refractivity contribution in [2.45, 2.75) is 108 Å². The van der Waals surface area contributed by atoms with Gasteiger partial charge in [0, 0.05) is 23.5 Å². The molecule has 4 aliphatic heterocycles. The number of aliphatic hydroxyl groups is 1. The Morgan fingerprint density at radius 2 is 1.88 bits per heavy atom. The molecule has 10 nitrogen and oxygen atoms in total. The van der Waals surface area contributed by atoms with Crippen LogP contribution >= 0.6 is 15.9 Å². The number of hydrogen-bond acceptors (Lipinski definition) is 7. The summed E-state index contributed by atoms with van der Waals surface area (Å²) in [5.41, 5.74) is -1.37. The SMILES string of the molecule is CC[C@H](C)[C@H](CO)N1C(=O)[C@H]2[C@@H]3C(=O)O[C@H](C)CNC(=O)CC/C=C\CN(C4CCCCC4)C(=O)[C@H]1[C@@]21C=C(Br)[C@@H]3O1. The van der Waals surface area contributed by atoms with Gasteiger partial charge < -0.3 is 29.7 Å². The number of fused-ring (bicyclic) bond motifs is 2. The molecule has 42 heavy (non-hydrogen) atoms. The standard InChI is InChI=1S/C31H44BrN3O7/c1-4-18(2)22(17-36)35-27-29(39)34(20-11-7-5-8-12-20)14-10-6-9-13-23(37)33-16-19(3)41-30(40)24-25(28(35)38)31(27)15-21(32)26(24)42-31/h6,10,15,18-20,22,24-27,36H,4-5,7-9,11-14,16-17H2,1-3H3,(H,33,37)/b10-6-/t18-,19+,22-,24-,25+,26-,27-,31+/m0/s1. The molecule has 2 N–H and O–H groups in total. The highest BCUT2D eigenvalue weighted by atomic mass is 79.9. The zero-order valence-corrected chi connectivity index (χ0v) is 26.4. The number of allylic oxidation sites excluding steroid dienone is 1. The van der Waals surface area contributed by atoms with E-state index in [1.807, 2.05) is 37.0 Å². The van der Waals surface area contributed by atoms with Gasteiger partial charge in [-0.15, -0.1) is 0 Å². The number of carbonyl (C=O) groups excluding carboxylic acids is 4.